The SMILES string of the molecule is CCC1(C(=O)NCc2nc3ccc(CNC(=O)CCC(F)(F)F)cc3[nH]2)CCC1.FC1(F)CCCCC1. The largest absolute Gasteiger partial charge is 0.389 e. The highest BCUT2D eigenvalue weighted by atomic mass is 19.4. The number of rotatable bonds is 8. The van der Waals surface area contributed by atoms with Gasteiger partial charge in [-0.15, -0.1) is 0 Å². The number of H-pyrrole nitrogens is 1. The Balaban J connectivity index is 0.000000405. The van der Waals surface area contributed by atoms with Gasteiger partial charge in [0.2, 0.25) is 17.7 Å². The zero-order valence-corrected chi connectivity index (χ0v) is 21.1. The molecule has 0 radical (unpaired) electrons. The normalized spacial score (nSPS) is 18.3. The number of aromatic nitrogens is 2. The molecule has 2 aliphatic carbocycles. The van der Waals surface area contributed by atoms with E-state index in [9.17, 15) is 31.5 Å². The van der Waals surface area contributed by atoms with Crippen LogP contribution in [0.4, 0.5) is 22.0 Å². The van der Waals surface area contributed by atoms with Crippen LogP contribution in [0.3, 0.4) is 0 Å². The number of carbonyl (C=O) groups is 2. The Morgan fingerprint density at radius 2 is 1.70 bits per heavy atom. The summed E-state index contributed by atoms with van der Waals surface area (Å²) in [5.74, 6) is -2.27. The molecular weight excluding hydrogens is 495 g/mol. The van der Waals surface area contributed by atoms with Crippen molar-refractivity contribution in [2.45, 2.75) is 103 Å². The van der Waals surface area contributed by atoms with Crippen molar-refractivity contribution in [3.8, 4) is 0 Å². The van der Waals surface area contributed by atoms with Crippen molar-refractivity contribution in [1.82, 2.24) is 20.6 Å². The van der Waals surface area contributed by atoms with Crippen LogP contribution in [-0.4, -0.2) is 33.9 Å². The Morgan fingerprint density at radius 1 is 1.00 bits per heavy atom. The Kier molecular flexibility index (Phi) is 9.52. The summed E-state index contributed by atoms with van der Waals surface area (Å²) in [5, 5.41) is 5.44. The highest BCUT2D eigenvalue weighted by Gasteiger charge is 2.42. The Hall–Kier alpha value is -2.72. The number of fused-ring (bicyclic) bond motifs is 1. The highest BCUT2D eigenvalue weighted by Crippen LogP contribution is 2.43. The summed E-state index contributed by atoms with van der Waals surface area (Å²) in [6.07, 6.45) is 0.369. The Bertz CT molecular complexity index is 1050. The van der Waals surface area contributed by atoms with Crippen LogP contribution in [0.15, 0.2) is 18.2 Å². The van der Waals surface area contributed by atoms with Crippen molar-refractivity contribution in [3.05, 3.63) is 29.6 Å². The third kappa shape index (κ3) is 8.67. The zero-order chi connectivity index (χ0) is 27.1. The molecule has 0 bridgehead atoms. The average molecular weight is 531 g/mol. The molecule has 0 unspecified atom stereocenters. The third-order valence-corrected chi connectivity index (χ3v) is 7.19. The van der Waals surface area contributed by atoms with Gasteiger partial charge in [-0.2, -0.15) is 13.2 Å². The number of halogens is 5. The maximum absolute atomic E-state index is 12.4. The van der Waals surface area contributed by atoms with Gasteiger partial charge in [0, 0.05) is 31.2 Å². The Morgan fingerprint density at radius 3 is 2.24 bits per heavy atom. The minimum absolute atomic E-state index is 0.0639. The quantitative estimate of drug-likeness (QED) is 0.350. The summed E-state index contributed by atoms with van der Waals surface area (Å²) in [5.41, 5.74) is 1.97. The van der Waals surface area contributed by atoms with Gasteiger partial charge in [-0.1, -0.05) is 25.8 Å². The number of benzene rings is 1. The van der Waals surface area contributed by atoms with Gasteiger partial charge < -0.3 is 15.6 Å². The van der Waals surface area contributed by atoms with E-state index in [0.717, 1.165) is 48.7 Å². The predicted molar refractivity (Wildman–Crippen MR) is 130 cm³/mol. The van der Waals surface area contributed by atoms with E-state index >= 15 is 0 Å². The van der Waals surface area contributed by atoms with Gasteiger partial charge in [0.1, 0.15) is 5.82 Å². The summed E-state index contributed by atoms with van der Waals surface area (Å²) < 4.78 is 60.9. The molecule has 1 aromatic heterocycles. The first kappa shape index (κ1) is 28.8. The third-order valence-electron chi connectivity index (χ3n) is 7.19. The molecule has 1 heterocycles. The topological polar surface area (TPSA) is 86.9 Å². The molecular formula is C26H35F5N4O2. The van der Waals surface area contributed by atoms with Crippen LogP contribution in [0.5, 0.6) is 0 Å². The molecule has 0 spiro atoms. The number of amides is 2. The molecule has 2 saturated carbocycles. The first-order valence-corrected chi connectivity index (χ1v) is 12.9. The van der Waals surface area contributed by atoms with Crippen LogP contribution < -0.4 is 10.6 Å². The lowest BCUT2D eigenvalue weighted by Gasteiger charge is -2.39. The number of alkyl halides is 5. The van der Waals surface area contributed by atoms with Crippen LogP contribution in [0.1, 0.15) is 88.9 Å². The van der Waals surface area contributed by atoms with Gasteiger partial charge in [-0.3, -0.25) is 9.59 Å². The van der Waals surface area contributed by atoms with Gasteiger partial charge in [-0.05, 0) is 49.8 Å². The summed E-state index contributed by atoms with van der Waals surface area (Å²) in [4.78, 5) is 31.6. The number of carbonyl (C=O) groups excluding carboxylic acids is 2. The highest BCUT2D eigenvalue weighted by molar-refractivity contribution is 5.83. The van der Waals surface area contributed by atoms with E-state index in [4.69, 9.17) is 0 Å². The first-order chi connectivity index (χ1) is 17.4. The van der Waals surface area contributed by atoms with Crippen molar-refractivity contribution in [3.63, 3.8) is 0 Å². The van der Waals surface area contributed by atoms with Gasteiger partial charge in [0.15, 0.2) is 0 Å². The van der Waals surface area contributed by atoms with Crippen LogP contribution in [0, 0.1) is 5.41 Å². The first-order valence-electron chi connectivity index (χ1n) is 12.9. The molecule has 2 fully saturated rings. The van der Waals surface area contributed by atoms with Crippen molar-refractivity contribution in [1.29, 1.82) is 0 Å². The number of hydrogen-bond acceptors (Lipinski definition) is 3. The molecule has 0 atom stereocenters. The lowest BCUT2D eigenvalue weighted by atomic mass is 9.66. The smallest absolute Gasteiger partial charge is 0.352 e. The van der Waals surface area contributed by atoms with Gasteiger partial charge in [0.25, 0.3) is 0 Å². The van der Waals surface area contributed by atoms with Crippen LogP contribution in [0.25, 0.3) is 11.0 Å². The van der Waals surface area contributed by atoms with Gasteiger partial charge >= 0.3 is 6.18 Å². The maximum atomic E-state index is 12.4. The minimum Gasteiger partial charge on any atom is -0.352 e. The monoisotopic (exact) mass is 530 g/mol. The lowest BCUT2D eigenvalue weighted by molar-refractivity contribution is -0.144. The molecule has 3 N–H and O–H groups in total. The number of imidazole rings is 1. The number of nitrogens with one attached hydrogen (secondary N) is 3. The molecule has 2 aromatic rings. The fourth-order valence-electron chi connectivity index (χ4n) is 4.61. The standard InChI is InChI=1S/C20H25F3N4O2.C6H10F2/c1-2-19(7-3-8-19)18(29)25-12-16-26-14-5-4-13(10-15(14)27-16)11-24-17(28)6-9-20(21,22)23;7-6(8)4-2-1-3-5-6/h4-5,10H,2-3,6-9,11-12H2,1H3,(H,24,28)(H,25,29)(H,26,27);1-5H2. The van der Waals surface area contributed by atoms with E-state index in [-0.39, 0.29) is 30.7 Å². The second kappa shape index (κ2) is 12.2. The van der Waals surface area contributed by atoms with Crippen molar-refractivity contribution >= 4 is 22.8 Å². The Labute approximate surface area is 213 Å². The molecule has 1 aromatic carbocycles. The number of hydrogen-bond donors (Lipinski definition) is 3. The van der Waals surface area contributed by atoms with E-state index in [0.29, 0.717) is 25.2 Å². The van der Waals surface area contributed by atoms with E-state index in [2.05, 4.69) is 20.6 Å². The molecule has 206 valence electrons. The van der Waals surface area contributed by atoms with Crippen molar-refractivity contribution in [2.75, 3.05) is 0 Å². The van der Waals surface area contributed by atoms with Gasteiger partial charge in [0.05, 0.1) is 24.0 Å². The zero-order valence-electron chi connectivity index (χ0n) is 21.1. The van der Waals surface area contributed by atoms with Crippen LogP contribution >= 0.6 is 0 Å². The number of aromatic amines is 1. The molecule has 37 heavy (non-hydrogen) atoms. The fourth-order valence-corrected chi connectivity index (χ4v) is 4.61. The van der Waals surface area contributed by atoms with E-state index in [1.165, 1.54) is 0 Å². The van der Waals surface area contributed by atoms with Crippen molar-refractivity contribution in [2.24, 2.45) is 5.41 Å². The molecule has 0 saturated heterocycles. The van der Waals surface area contributed by atoms with E-state index in [1.807, 2.05) is 6.92 Å². The van der Waals surface area contributed by atoms with Crippen LogP contribution in [0.2, 0.25) is 0 Å². The van der Waals surface area contributed by atoms with Crippen molar-refractivity contribution < 1.29 is 31.5 Å². The molecule has 0 aliphatic heterocycles. The van der Waals surface area contributed by atoms with Gasteiger partial charge in [-0.25, -0.2) is 13.8 Å². The van der Waals surface area contributed by atoms with E-state index in [1.54, 1.807) is 18.2 Å². The van der Waals surface area contributed by atoms with E-state index < -0.39 is 30.8 Å². The predicted octanol–water partition coefficient (Wildman–Crippen LogP) is 6.30. The summed E-state index contributed by atoms with van der Waals surface area (Å²) in [6, 6.07) is 5.32. The average Bonchev–Trinajstić information content (AvgIpc) is 3.22. The molecule has 6 nitrogen and oxygen atoms in total. The molecule has 2 aliphatic rings. The minimum atomic E-state index is -4.34. The summed E-state index contributed by atoms with van der Waals surface area (Å²) in [6.45, 7) is 2.47. The molecule has 4 rings (SSSR count). The second-order valence-electron chi connectivity index (χ2n) is 10.0. The van der Waals surface area contributed by atoms with Crippen LogP contribution in [-0.2, 0) is 22.7 Å². The summed E-state index contributed by atoms with van der Waals surface area (Å²) >= 11 is 0. The lowest BCUT2D eigenvalue weighted by Crippen LogP contribution is -2.45. The summed E-state index contributed by atoms with van der Waals surface area (Å²) in [7, 11) is 0. The maximum Gasteiger partial charge on any atom is 0.389 e. The molecule has 11 heteroatoms. The fraction of sp³-hybridized carbons (Fsp3) is 0.654. The molecule has 2 amide bonds. The number of nitrogens with zero attached hydrogens (tertiary/aromatic N) is 1. The second-order valence-corrected chi connectivity index (χ2v) is 10.0.